The van der Waals surface area contributed by atoms with Crippen molar-refractivity contribution >= 4 is 23.4 Å². The van der Waals surface area contributed by atoms with Crippen LogP contribution in [0.5, 0.6) is 0 Å². The van der Waals surface area contributed by atoms with Crippen LogP contribution >= 0.6 is 11.6 Å². The third kappa shape index (κ3) is 2.13. The predicted molar refractivity (Wildman–Crippen MR) is 58.9 cm³/mol. The third-order valence-corrected chi connectivity index (χ3v) is 2.84. The van der Waals surface area contributed by atoms with E-state index >= 15 is 0 Å². The van der Waals surface area contributed by atoms with Crippen molar-refractivity contribution in [1.82, 2.24) is 5.32 Å². The normalized spacial score (nSPS) is 18.1. The number of nitrogens with one attached hydrogen (secondary N) is 1. The molecule has 0 aliphatic carbocycles. The lowest BCUT2D eigenvalue weighted by atomic mass is 9.99. The summed E-state index contributed by atoms with van der Waals surface area (Å²) < 4.78 is 37.9. The summed E-state index contributed by atoms with van der Waals surface area (Å²) in [6, 6.07) is 1.33. The van der Waals surface area contributed by atoms with Gasteiger partial charge in [-0.05, 0) is 18.3 Å². The fourth-order valence-corrected chi connectivity index (χ4v) is 1.92. The van der Waals surface area contributed by atoms with Gasteiger partial charge in [-0.3, -0.25) is 10.1 Å². The smallest absolute Gasteiger partial charge is 0.372 e. The van der Waals surface area contributed by atoms with Gasteiger partial charge in [0.1, 0.15) is 5.50 Å². The Labute approximate surface area is 104 Å². The van der Waals surface area contributed by atoms with Crippen molar-refractivity contribution in [2.45, 2.75) is 11.7 Å². The second-order valence-electron chi connectivity index (χ2n) is 3.62. The van der Waals surface area contributed by atoms with Gasteiger partial charge in [-0.15, -0.1) is 0 Å². The molecule has 8 heteroatoms. The van der Waals surface area contributed by atoms with Gasteiger partial charge in [0.05, 0.1) is 16.1 Å². The van der Waals surface area contributed by atoms with Crippen LogP contribution in [0, 0.1) is 10.1 Å². The van der Waals surface area contributed by atoms with Crippen LogP contribution in [0.15, 0.2) is 18.3 Å². The van der Waals surface area contributed by atoms with E-state index in [1.165, 1.54) is 12.3 Å². The van der Waals surface area contributed by atoms with Gasteiger partial charge in [0, 0.05) is 11.6 Å². The second-order valence-corrected chi connectivity index (χ2v) is 4.05. The molecule has 2 rings (SSSR count). The van der Waals surface area contributed by atoms with Crippen LogP contribution in [0.1, 0.15) is 22.2 Å². The Bertz CT molecular complexity index is 543. The van der Waals surface area contributed by atoms with E-state index in [2.05, 4.69) is 5.32 Å². The minimum absolute atomic E-state index is 0.0423. The lowest BCUT2D eigenvalue weighted by Crippen LogP contribution is -2.17. The van der Waals surface area contributed by atoms with Crippen molar-refractivity contribution in [3.05, 3.63) is 45.1 Å². The molecular weight excluding hydrogens is 273 g/mol. The number of hydrogen-bond acceptors (Lipinski definition) is 3. The Balaban J connectivity index is 2.71. The second kappa shape index (κ2) is 4.16. The summed E-state index contributed by atoms with van der Waals surface area (Å²) in [6.07, 6.45) is -1.97. The first-order valence-corrected chi connectivity index (χ1v) is 5.20. The van der Waals surface area contributed by atoms with E-state index in [0.717, 1.165) is 6.07 Å². The Hall–Kier alpha value is -1.76. The summed E-state index contributed by atoms with van der Waals surface area (Å²) in [5.41, 5.74) is -2.49. The number of rotatable bonds is 1. The van der Waals surface area contributed by atoms with Gasteiger partial charge < -0.3 is 5.32 Å². The monoisotopic (exact) mass is 278 g/mol. The molecule has 1 N–H and O–H groups in total. The molecule has 0 aromatic heterocycles. The highest BCUT2D eigenvalue weighted by molar-refractivity contribution is 6.21. The maximum atomic E-state index is 12.6. The number of nitrogens with zero attached hydrogens (tertiary/aromatic N) is 1. The quantitative estimate of drug-likeness (QED) is 0.371. The summed E-state index contributed by atoms with van der Waals surface area (Å²) in [7, 11) is 0. The first-order valence-electron chi connectivity index (χ1n) is 4.77. The third-order valence-electron chi connectivity index (χ3n) is 2.48. The van der Waals surface area contributed by atoms with Crippen molar-refractivity contribution in [2.75, 3.05) is 0 Å². The fourth-order valence-electron chi connectivity index (χ4n) is 1.67. The van der Waals surface area contributed by atoms with Gasteiger partial charge >= 0.3 is 6.18 Å². The first kappa shape index (κ1) is 12.7. The zero-order chi connectivity index (χ0) is 13.5. The molecule has 1 unspecified atom stereocenters. The van der Waals surface area contributed by atoms with E-state index in [1.807, 2.05) is 0 Å². The lowest BCUT2D eigenvalue weighted by molar-refractivity contribution is -0.385. The maximum Gasteiger partial charge on any atom is 0.416 e. The zero-order valence-corrected chi connectivity index (χ0v) is 9.42. The van der Waals surface area contributed by atoms with Crippen LogP contribution in [0.4, 0.5) is 18.9 Å². The Morgan fingerprint density at radius 2 is 2.06 bits per heavy atom. The average molecular weight is 279 g/mol. The molecule has 1 aliphatic rings. The van der Waals surface area contributed by atoms with Gasteiger partial charge in [-0.2, -0.15) is 13.2 Å². The van der Waals surface area contributed by atoms with E-state index in [1.54, 1.807) is 0 Å². The number of nitro groups is 1. The van der Waals surface area contributed by atoms with Crippen LogP contribution in [0.25, 0.3) is 6.08 Å². The molecule has 0 saturated heterocycles. The van der Waals surface area contributed by atoms with Crippen molar-refractivity contribution in [3.63, 3.8) is 0 Å². The number of halogens is 4. The fraction of sp³-hybridized carbons (Fsp3) is 0.200. The van der Waals surface area contributed by atoms with Crippen LogP contribution < -0.4 is 5.32 Å². The minimum atomic E-state index is -4.66. The summed E-state index contributed by atoms with van der Waals surface area (Å²) in [5, 5.41) is 13.4. The average Bonchev–Trinajstić information content (AvgIpc) is 2.27. The lowest BCUT2D eigenvalue weighted by Gasteiger charge is -2.19. The van der Waals surface area contributed by atoms with Gasteiger partial charge in [0.25, 0.3) is 5.69 Å². The molecule has 0 radical (unpaired) electrons. The molecule has 1 aromatic carbocycles. The van der Waals surface area contributed by atoms with Crippen molar-refractivity contribution in [1.29, 1.82) is 0 Å². The molecule has 0 fully saturated rings. The highest BCUT2D eigenvalue weighted by Gasteiger charge is 2.35. The Morgan fingerprint density at radius 3 is 2.61 bits per heavy atom. The van der Waals surface area contributed by atoms with Crippen LogP contribution in [0.2, 0.25) is 0 Å². The molecule has 0 amide bonds. The van der Waals surface area contributed by atoms with E-state index in [-0.39, 0.29) is 11.1 Å². The molecule has 96 valence electrons. The molecule has 1 aromatic rings. The van der Waals surface area contributed by atoms with Crippen molar-refractivity contribution < 1.29 is 18.1 Å². The standard InChI is InChI=1S/C10H6ClF3N2O2/c11-9-7-3-5(10(12,13)14)4-8(16(17)18)6(7)1-2-15-9/h1-4,9,15H. The molecule has 0 spiro atoms. The maximum absolute atomic E-state index is 12.6. The minimum Gasteiger partial charge on any atom is -0.372 e. The Kier molecular flexibility index (Phi) is 2.94. The zero-order valence-electron chi connectivity index (χ0n) is 8.66. The van der Waals surface area contributed by atoms with E-state index < -0.39 is 27.9 Å². The van der Waals surface area contributed by atoms with Gasteiger partial charge in [-0.1, -0.05) is 11.6 Å². The summed E-state index contributed by atoms with van der Waals surface area (Å²) in [4.78, 5) is 9.95. The highest BCUT2D eigenvalue weighted by atomic mass is 35.5. The largest absolute Gasteiger partial charge is 0.416 e. The van der Waals surface area contributed by atoms with E-state index in [0.29, 0.717) is 6.07 Å². The molecule has 0 saturated carbocycles. The topological polar surface area (TPSA) is 55.2 Å². The molecule has 4 nitrogen and oxygen atoms in total. The molecule has 18 heavy (non-hydrogen) atoms. The molecule has 1 heterocycles. The summed E-state index contributed by atoms with van der Waals surface area (Å²) in [6.45, 7) is 0. The SMILES string of the molecule is O=[N+]([O-])c1cc(C(F)(F)F)cc2c1C=CNC2Cl. The van der Waals surface area contributed by atoms with Gasteiger partial charge in [0.15, 0.2) is 0 Å². The summed E-state index contributed by atoms with van der Waals surface area (Å²) >= 11 is 5.79. The van der Waals surface area contributed by atoms with Crippen molar-refractivity contribution in [2.24, 2.45) is 0 Å². The van der Waals surface area contributed by atoms with Crippen LogP contribution in [-0.4, -0.2) is 4.92 Å². The number of benzene rings is 1. The van der Waals surface area contributed by atoms with Crippen molar-refractivity contribution in [3.8, 4) is 0 Å². The number of hydrogen-bond donors (Lipinski definition) is 1. The van der Waals surface area contributed by atoms with Crippen LogP contribution in [0.3, 0.4) is 0 Å². The molecule has 1 atom stereocenters. The van der Waals surface area contributed by atoms with Crippen LogP contribution in [-0.2, 0) is 6.18 Å². The van der Waals surface area contributed by atoms with E-state index in [9.17, 15) is 23.3 Å². The predicted octanol–water partition coefficient (Wildman–Crippen LogP) is 3.42. The molecular formula is C10H6ClF3N2O2. The first-order chi connectivity index (χ1) is 8.30. The Morgan fingerprint density at radius 1 is 1.39 bits per heavy atom. The molecule has 1 aliphatic heterocycles. The number of nitro benzene ring substituents is 1. The molecule has 0 bridgehead atoms. The van der Waals surface area contributed by atoms with Gasteiger partial charge in [-0.25, -0.2) is 0 Å². The number of alkyl halides is 4. The number of fused-ring (bicyclic) bond motifs is 1. The summed E-state index contributed by atoms with van der Waals surface area (Å²) in [5.74, 6) is 0. The highest BCUT2D eigenvalue weighted by Crippen LogP contribution is 2.39. The van der Waals surface area contributed by atoms with E-state index in [4.69, 9.17) is 11.6 Å². The van der Waals surface area contributed by atoms with Gasteiger partial charge in [0.2, 0.25) is 0 Å².